The maximum Gasteiger partial charge on any atom is 0.317 e. The number of hydrogen-bond donors (Lipinski definition) is 1. The van der Waals surface area contributed by atoms with E-state index in [1.807, 2.05) is 52.2 Å². The van der Waals surface area contributed by atoms with Crippen molar-refractivity contribution in [2.45, 2.75) is 19.5 Å². The van der Waals surface area contributed by atoms with E-state index in [-0.39, 0.29) is 6.03 Å². The largest absolute Gasteiger partial charge is 0.334 e. The van der Waals surface area contributed by atoms with Crippen LogP contribution in [0.2, 0.25) is 0 Å². The number of para-hydroxylation sites is 1. The molecule has 1 N–H and O–H groups in total. The van der Waals surface area contributed by atoms with Crippen molar-refractivity contribution < 1.29 is 4.79 Å². The molecule has 2 amide bonds. The van der Waals surface area contributed by atoms with E-state index in [1.54, 1.807) is 6.20 Å². The van der Waals surface area contributed by atoms with Crippen molar-refractivity contribution in [3.05, 3.63) is 83.7 Å². The first-order valence-corrected chi connectivity index (χ1v) is 8.48. The average molecular weight is 332 g/mol. The molecule has 0 spiro atoms. The Bertz CT molecular complexity index is 872. The van der Waals surface area contributed by atoms with Gasteiger partial charge in [-0.2, -0.15) is 5.10 Å². The number of nitrogens with one attached hydrogen (secondary N) is 1. The summed E-state index contributed by atoms with van der Waals surface area (Å²) < 4.78 is 1.82. The molecule has 0 fully saturated rings. The van der Waals surface area contributed by atoms with Gasteiger partial charge in [-0.05, 0) is 29.7 Å². The maximum atomic E-state index is 12.4. The molecule has 25 heavy (non-hydrogen) atoms. The summed E-state index contributed by atoms with van der Waals surface area (Å²) in [5.74, 6) is 0. The number of benzene rings is 2. The molecular formula is C20H20N4O. The van der Waals surface area contributed by atoms with Crippen LogP contribution in [-0.4, -0.2) is 27.3 Å². The highest BCUT2D eigenvalue weighted by atomic mass is 16.2. The number of carbonyl (C=O) groups is 1. The number of nitrogens with zero attached hydrogens (tertiary/aromatic N) is 3. The fraction of sp³-hybridized carbons (Fsp3) is 0.200. The molecule has 126 valence electrons. The fourth-order valence-corrected chi connectivity index (χ4v) is 3.13. The Labute approximate surface area is 146 Å². The van der Waals surface area contributed by atoms with Gasteiger partial charge in [0.2, 0.25) is 0 Å². The van der Waals surface area contributed by atoms with Crippen LogP contribution in [0.5, 0.6) is 0 Å². The van der Waals surface area contributed by atoms with Gasteiger partial charge in [-0.3, -0.25) is 0 Å². The molecule has 0 aliphatic carbocycles. The number of rotatable bonds is 3. The molecule has 2 aromatic carbocycles. The maximum absolute atomic E-state index is 12.4. The lowest BCUT2D eigenvalue weighted by Gasteiger charge is -2.28. The summed E-state index contributed by atoms with van der Waals surface area (Å²) >= 11 is 0. The minimum Gasteiger partial charge on any atom is -0.334 e. The highest BCUT2D eigenvalue weighted by molar-refractivity contribution is 5.74. The molecule has 1 aliphatic rings. The van der Waals surface area contributed by atoms with Crippen LogP contribution < -0.4 is 5.32 Å². The minimum absolute atomic E-state index is 0.0260. The van der Waals surface area contributed by atoms with Crippen LogP contribution in [0.4, 0.5) is 4.79 Å². The Balaban J connectivity index is 1.36. The molecule has 0 atom stereocenters. The molecule has 0 unspecified atom stereocenters. The van der Waals surface area contributed by atoms with Gasteiger partial charge >= 0.3 is 6.03 Å². The topological polar surface area (TPSA) is 50.2 Å². The Morgan fingerprint density at radius 2 is 1.80 bits per heavy atom. The van der Waals surface area contributed by atoms with E-state index in [1.165, 1.54) is 11.1 Å². The van der Waals surface area contributed by atoms with Gasteiger partial charge in [0.1, 0.15) is 0 Å². The quantitative estimate of drug-likeness (QED) is 0.801. The number of carbonyl (C=O) groups excluding carboxylic acids is 1. The smallest absolute Gasteiger partial charge is 0.317 e. The lowest BCUT2D eigenvalue weighted by Crippen LogP contribution is -2.42. The third-order valence-electron chi connectivity index (χ3n) is 4.52. The number of amides is 2. The van der Waals surface area contributed by atoms with Crippen LogP contribution in [0.15, 0.2) is 67.0 Å². The van der Waals surface area contributed by atoms with Crippen LogP contribution in [0.25, 0.3) is 5.69 Å². The predicted molar refractivity (Wildman–Crippen MR) is 96.4 cm³/mol. The van der Waals surface area contributed by atoms with Gasteiger partial charge < -0.3 is 10.2 Å². The van der Waals surface area contributed by atoms with Crippen molar-refractivity contribution in [3.8, 4) is 5.69 Å². The number of fused-ring (bicyclic) bond motifs is 1. The third-order valence-corrected chi connectivity index (χ3v) is 4.52. The first kappa shape index (κ1) is 15.4. The lowest BCUT2D eigenvalue weighted by atomic mass is 10.0. The van der Waals surface area contributed by atoms with Crippen molar-refractivity contribution in [2.24, 2.45) is 0 Å². The summed E-state index contributed by atoms with van der Waals surface area (Å²) in [6.45, 7) is 1.90. The molecule has 5 heteroatoms. The Morgan fingerprint density at radius 3 is 2.64 bits per heavy atom. The first-order valence-electron chi connectivity index (χ1n) is 8.48. The highest BCUT2D eigenvalue weighted by Gasteiger charge is 2.20. The molecule has 4 rings (SSSR count). The molecule has 3 aromatic rings. The molecule has 5 nitrogen and oxygen atoms in total. The van der Waals surface area contributed by atoms with E-state index >= 15 is 0 Å². The molecule has 1 aromatic heterocycles. The second-order valence-electron chi connectivity index (χ2n) is 6.23. The van der Waals surface area contributed by atoms with Gasteiger partial charge in [-0.15, -0.1) is 0 Å². The first-order chi connectivity index (χ1) is 12.3. The number of hydrogen-bond acceptors (Lipinski definition) is 2. The monoisotopic (exact) mass is 332 g/mol. The standard InChI is InChI=1S/C20H20N4O/c25-20(23-11-10-17-6-4-5-7-18(17)15-23)21-12-16-13-22-24(14-16)19-8-2-1-3-9-19/h1-9,13-14H,10-12,15H2,(H,21,25). The van der Waals surface area contributed by atoms with Gasteiger partial charge in [-0.25, -0.2) is 9.48 Å². The number of aromatic nitrogens is 2. The third kappa shape index (κ3) is 3.40. The summed E-state index contributed by atoms with van der Waals surface area (Å²) in [6, 6.07) is 18.2. The zero-order valence-electron chi connectivity index (χ0n) is 13.9. The van der Waals surface area contributed by atoms with Gasteiger partial charge in [0, 0.05) is 31.4 Å². The molecule has 1 aliphatic heterocycles. The normalized spacial score (nSPS) is 13.4. The average Bonchev–Trinajstić information content (AvgIpc) is 3.15. The molecule has 0 saturated heterocycles. The summed E-state index contributed by atoms with van der Waals surface area (Å²) in [4.78, 5) is 14.3. The Kier molecular flexibility index (Phi) is 4.21. The van der Waals surface area contributed by atoms with E-state index < -0.39 is 0 Å². The highest BCUT2D eigenvalue weighted by Crippen LogP contribution is 2.18. The van der Waals surface area contributed by atoms with Crippen molar-refractivity contribution in [2.75, 3.05) is 6.54 Å². The van der Waals surface area contributed by atoms with Crippen molar-refractivity contribution in [1.29, 1.82) is 0 Å². The SMILES string of the molecule is O=C(NCc1cnn(-c2ccccc2)c1)N1CCc2ccccc2C1. The Morgan fingerprint density at radius 1 is 1.04 bits per heavy atom. The van der Waals surface area contributed by atoms with E-state index in [2.05, 4.69) is 28.6 Å². The summed E-state index contributed by atoms with van der Waals surface area (Å²) in [7, 11) is 0. The zero-order valence-corrected chi connectivity index (χ0v) is 13.9. The van der Waals surface area contributed by atoms with Crippen LogP contribution in [0, 0.1) is 0 Å². The molecule has 0 radical (unpaired) electrons. The second kappa shape index (κ2) is 6.81. The van der Waals surface area contributed by atoms with Crippen molar-refractivity contribution in [3.63, 3.8) is 0 Å². The summed E-state index contributed by atoms with van der Waals surface area (Å²) in [6.07, 6.45) is 4.65. The van der Waals surface area contributed by atoms with Crippen LogP contribution in [-0.2, 0) is 19.5 Å². The fourth-order valence-electron chi connectivity index (χ4n) is 3.13. The minimum atomic E-state index is -0.0260. The summed E-state index contributed by atoms with van der Waals surface area (Å²) in [5.41, 5.74) is 4.57. The number of urea groups is 1. The predicted octanol–water partition coefficient (Wildman–Crippen LogP) is 3.14. The molecule has 2 heterocycles. The molecular weight excluding hydrogens is 312 g/mol. The lowest BCUT2D eigenvalue weighted by molar-refractivity contribution is 0.192. The van der Waals surface area contributed by atoms with Crippen LogP contribution >= 0.6 is 0 Å². The molecule has 0 saturated carbocycles. The van der Waals surface area contributed by atoms with E-state index in [0.29, 0.717) is 13.1 Å². The van der Waals surface area contributed by atoms with Gasteiger partial charge in [-0.1, -0.05) is 42.5 Å². The Hall–Kier alpha value is -3.08. The van der Waals surface area contributed by atoms with Crippen molar-refractivity contribution >= 4 is 6.03 Å². The van der Waals surface area contributed by atoms with E-state index in [4.69, 9.17) is 0 Å². The molecule has 0 bridgehead atoms. The zero-order chi connectivity index (χ0) is 17.1. The van der Waals surface area contributed by atoms with Crippen molar-refractivity contribution in [1.82, 2.24) is 20.0 Å². The second-order valence-corrected chi connectivity index (χ2v) is 6.23. The van der Waals surface area contributed by atoms with E-state index in [0.717, 1.165) is 24.2 Å². The van der Waals surface area contributed by atoms with E-state index in [9.17, 15) is 4.79 Å². The van der Waals surface area contributed by atoms with Crippen LogP contribution in [0.1, 0.15) is 16.7 Å². The van der Waals surface area contributed by atoms with Gasteiger partial charge in [0.05, 0.1) is 11.9 Å². The van der Waals surface area contributed by atoms with Crippen LogP contribution in [0.3, 0.4) is 0 Å². The summed E-state index contributed by atoms with van der Waals surface area (Å²) in [5, 5.41) is 7.36. The van der Waals surface area contributed by atoms with Gasteiger partial charge in [0.15, 0.2) is 0 Å². The van der Waals surface area contributed by atoms with Gasteiger partial charge in [0.25, 0.3) is 0 Å².